The molecule has 0 fully saturated rings. The molecular weight excluding hydrogens is 626 g/mol. The van der Waals surface area contributed by atoms with Crippen molar-refractivity contribution in [1.29, 1.82) is 0 Å². The van der Waals surface area contributed by atoms with Crippen LogP contribution in [0.4, 0.5) is 0 Å². The Morgan fingerprint density at radius 3 is 0.692 bits per heavy atom. The summed E-state index contributed by atoms with van der Waals surface area (Å²) in [6.45, 7) is 0. The molecule has 76 valence electrons. The van der Waals surface area contributed by atoms with E-state index in [1.165, 1.54) is 0 Å². The SMILES string of the molecule is O=S(=O)([O-])[O-].O=S(=O)([O-])[O-].[Bi+3].[O]=[Bi+]. The number of hydrogen-bond donors (Lipinski definition) is 0. The first kappa shape index (κ1) is 23.8. The van der Waals surface area contributed by atoms with Crippen LogP contribution in [0.2, 0.25) is 0 Å². The van der Waals surface area contributed by atoms with Crippen LogP contribution in [0.1, 0.15) is 0 Å². The molecule has 13 heteroatoms. The topological polar surface area (TPSA) is 178 Å². The van der Waals surface area contributed by atoms with E-state index >= 15 is 0 Å². The van der Waals surface area contributed by atoms with Crippen LogP contribution in [-0.4, -0.2) is 86.0 Å². The van der Waals surface area contributed by atoms with Crippen molar-refractivity contribution in [3.8, 4) is 0 Å². The molecule has 0 bridgehead atoms. The Kier molecular flexibility index (Phi) is 20.9. The summed E-state index contributed by atoms with van der Waals surface area (Å²) >= 11 is 0.194. The first-order valence-electron chi connectivity index (χ1n) is 1.52. The van der Waals surface area contributed by atoms with Gasteiger partial charge in [-0.05, 0) is 0 Å². The normalized spacial score (nSPS) is 9.23. The molecule has 0 aromatic rings. The first-order valence-corrected chi connectivity index (χ1v) is 5.60. The van der Waals surface area contributed by atoms with E-state index in [0.717, 1.165) is 0 Å². The molecule has 0 unspecified atom stereocenters. The Morgan fingerprint density at radius 2 is 0.692 bits per heavy atom. The predicted octanol–water partition coefficient (Wildman–Crippen LogP) is -3.56. The van der Waals surface area contributed by atoms with Crippen LogP contribution in [0.5, 0.6) is 0 Å². The van der Waals surface area contributed by atoms with Crippen LogP contribution in [0.25, 0.3) is 0 Å². The van der Waals surface area contributed by atoms with Crippen molar-refractivity contribution in [2.75, 3.05) is 0 Å². The fourth-order valence-electron chi connectivity index (χ4n) is 0. The summed E-state index contributed by atoms with van der Waals surface area (Å²) in [7, 11) is -10.3. The maximum absolute atomic E-state index is 8.52. The molecule has 0 heterocycles. The van der Waals surface area contributed by atoms with Gasteiger partial charge in [-0.3, -0.25) is 16.8 Å². The van der Waals surface area contributed by atoms with E-state index in [1.54, 1.807) is 0 Å². The average molecular weight is 626 g/mol. The van der Waals surface area contributed by atoms with E-state index in [0.29, 0.717) is 0 Å². The van der Waals surface area contributed by atoms with Gasteiger partial charge in [-0.1, -0.05) is 0 Å². The molecule has 0 rings (SSSR count). The average Bonchev–Trinajstić information content (AvgIpc) is 1.59. The summed E-state index contributed by atoms with van der Waals surface area (Å²) in [5.74, 6) is 0. The molecule has 0 atom stereocenters. The van der Waals surface area contributed by atoms with Crippen LogP contribution in [0.15, 0.2) is 0 Å². The van der Waals surface area contributed by atoms with Gasteiger partial charge < -0.3 is 18.2 Å². The Balaban J connectivity index is -0.0000000491. The van der Waals surface area contributed by atoms with Gasteiger partial charge in [0.25, 0.3) is 0 Å². The second-order valence-corrected chi connectivity index (χ2v) is 2.45. The van der Waals surface area contributed by atoms with Crippen molar-refractivity contribution in [2.45, 2.75) is 0 Å². The van der Waals surface area contributed by atoms with Crippen molar-refractivity contribution >= 4 is 71.7 Å². The Bertz CT molecular complexity index is 225. The van der Waals surface area contributed by atoms with E-state index in [9.17, 15) is 0 Å². The van der Waals surface area contributed by atoms with Crippen molar-refractivity contribution < 1.29 is 37.9 Å². The Morgan fingerprint density at radius 1 is 0.692 bits per heavy atom. The van der Waals surface area contributed by atoms with Gasteiger partial charge in [0.2, 0.25) is 0 Å². The molecule has 0 aliphatic heterocycles. The standard InChI is InChI=1S/2Bi.2H2O4S.O/c;;2*1-5(2,3)4;/h;;2*(H2,1,2,3,4);/q+1;+3;;;/p-4. The van der Waals surface area contributed by atoms with Crippen LogP contribution in [0, 0.1) is 0 Å². The zero-order chi connectivity index (χ0) is 11.0. The Labute approximate surface area is 108 Å². The summed E-state index contributed by atoms with van der Waals surface area (Å²) < 4.78 is 76.5. The van der Waals surface area contributed by atoms with Crippen LogP contribution >= 0.6 is 0 Å². The van der Waals surface area contributed by atoms with Gasteiger partial charge in [-0.2, -0.15) is 0 Å². The molecule has 0 aliphatic carbocycles. The summed E-state index contributed by atoms with van der Waals surface area (Å²) in [4.78, 5) is 0. The van der Waals surface area contributed by atoms with Crippen molar-refractivity contribution in [2.24, 2.45) is 0 Å². The molecule has 0 aliphatic rings. The predicted molar refractivity (Wildman–Crippen MR) is 33.1 cm³/mol. The van der Waals surface area contributed by atoms with Gasteiger partial charge in [-0.25, -0.2) is 0 Å². The molecule has 0 saturated heterocycles. The third kappa shape index (κ3) is 997. The van der Waals surface area contributed by atoms with Gasteiger partial charge in [-0.15, -0.1) is 0 Å². The number of hydrogen-bond acceptors (Lipinski definition) is 9. The summed E-state index contributed by atoms with van der Waals surface area (Å²) in [6.07, 6.45) is 0. The van der Waals surface area contributed by atoms with E-state index < -0.39 is 20.8 Å². The Hall–Kier alpha value is 1.31. The number of rotatable bonds is 0. The fraction of sp³-hybridized carbons (Fsp3) is 0. The van der Waals surface area contributed by atoms with E-state index in [4.69, 9.17) is 37.9 Å². The maximum atomic E-state index is 8.52. The first-order chi connectivity index (χ1) is 5.00. The van der Waals surface area contributed by atoms with Crippen molar-refractivity contribution in [1.82, 2.24) is 0 Å². The molecule has 9 nitrogen and oxygen atoms in total. The van der Waals surface area contributed by atoms with E-state index in [2.05, 4.69) is 0 Å². The second-order valence-electron chi connectivity index (χ2n) is 0.816. The zero-order valence-corrected chi connectivity index (χ0v) is 14.0. The third-order valence-corrected chi connectivity index (χ3v) is 0. The monoisotopic (exact) mass is 626 g/mol. The third-order valence-electron chi connectivity index (χ3n) is 0. The molecule has 0 aromatic heterocycles. The van der Waals surface area contributed by atoms with Gasteiger partial charge in [0.05, 0.1) is 0 Å². The fourth-order valence-corrected chi connectivity index (χ4v) is 0. The van der Waals surface area contributed by atoms with Crippen molar-refractivity contribution in [3.05, 3.63) is 0 Å². The minimum atomic E-state index is -5.17. The quantitative estimate of drug-likeness (QED) is 0.150. The molecule has 0 amide bonds. The van der Waals surface area contributed by atoms with Gasteiger partial charge in [0, 0.05) is 20.8 Å². The van der Waals surface area contributed by atoms with Crippen molar-refractivity contribution in [3.63, 3.8) is 0 Å². The van der Waals surface area contributed by atoms with Gasteiger partial charge in [0.15, 0.2) is 0 Å². The van der Waals surface area contributed by atoms with Crippen LogP contribution < -0.4 is 0 Å². The van der Waals surface area contributed by atoms with E-state index in [1.807, 2.05) is 0 Å². The molecule has 0 spiro atoms. The summed E-state index contributed by atoms with van der Waals surface area (Å²) in [5.41, 5.74) is 0. The van der Waals surface area contributed by atoms with Gasteiger partial charge >= 0.3 is 53.7 Å². The molecule has 4 radical (unpaired) electrons. The second kappa shape index (κ2) is 11.4. The molecule has 0 N–H and O–H groups in total. The molecule has 13 heavy (non-hydrogen) atoms. The van der Waals surface area contributed by atoms with Crippen LogP contribution in [0.3, 0.4) is 0 Å². The van der Waals surface area contributed by atoms with E-state index in [-0.39, 0.29) is 50.9 Å². The van der Waals surface area contributed by atoms with Gasteiger partial charge in [0.1, 0.15) is 0 Å². The minimum absolute atomic E-state index is 0. The zero-order valence-electron chi connectivity index (χ0n) is 5.39. The summed E-state index contributed by atoms with van der Waals surface area (Å²) in [5, 5.41) is 0. The van der Waals surface area contributed by atoms with Crippen LogP contribution in [-0.2, 0) is 23.6 Å². The molecule has 0 saturated carbocycles. The molecule has 0 aromatic carbocycles. The molecular formula is Bi2O9S2. The summed E-state index contributed by atoms with van der Waals surface area (Å²) in [6, 6.07) is 0.